The topological polar surface area (TPSA) is 35.5 Å². The van der Waals surface area contributed by atoms with Crippen LogP contribution in [0.2, 0.25) is 16.6 Å². The van der Waals surface area contributed by atoms with Gasteiger partial charge in [0.1, 0.15) is 0 Å². The Morgan fingerprint density at radius 1 is 0.944 bits per heavy atom. The van der Waals surface area contributed by atoms with E-state index >= 15 is 0 Å². The lowest BCUT2D eigenvalue weighted by molar-refractivity contribution is -0.142. The predicted octanol–water partition coefficient (Wildman–Crippen LogP) is 4.13. The van der Waals surface area contributed by atoms with Gasteiger partial charge in [-0.1, -0.05) is 41.5 Å². The maximum Gasteiger partial charge on any atom is 0.308 e. The van der Waals surface area contributed by atoms with Gasteiger partial charge < -0.3 is 9.16 Å². The van der Waals surface area contributed by atoms with E-state index in [9.17, 15) is 4.79 Å². The molecule has 0 heterocycles. The molecule has 0 saturated carbocycles. The molecule has 0 N–H and O–H groups in total. The van der Waals surface area contributed by atoms with E-state index in [1.165, 1.54) is 7.11 Å². The minimum absolute atomic E-state index is 0.0590. The smallest absolute Gasteiger partial charge is 0.308 e. The molecule has 1 atom stereocenters. The van der Waals surface area contributed by atoms with Crippen molar-refractivity contribution < 1.29 is 14.0 Å². The number of carbonyl (C=O) groups excluding carboxylic acids is 1. The minimum Gasteiger partial charge on any atom is -0.469 e. The largest absolute Gasteiger partial charge is 0.469 e. The van der Waals surface area contributed by atoms with E-state index in [-0.39, 0.29) is 12.1 Å². The van der Waals surface area contributed by atoms with E-state index in [1.807, 2.05) is 6.92 Å². The fourth-order valence-electron chi connectivity index (χ4n) is 3.12. The molecule has 0 radical (unpaired) electrons. The monoisotopic (exact) mass is 274 g/mol. The van der Waals surface area contributed by atoms with E-state index in [0.29, 0.717) is 23.0 Å². The SMILES string of the molecule is COC(=O)CC(C)O[Si](C(C)C)(C(C)C)C(C)C. The van der Waals surface area contributed by atoms with E-state index in [0.717, 1.165) is 0 Å². The van der Waals surface area contributed by atoms with E-state index in [4.69, 9.17) is 9.16 Å². The quantitative estimate of drug-likeness (QED) is 0.517. The van der Waals surface area contributed by atoms with Crippen molar-refractivity contribution in [2.45, 2.75) is 77.6 Å². The highest BCUT2D eigenvalue weighted by molar-refractivity contribution is 6.77. The van der Waals surface area contributed by atoms with Gasteiger partial charge in [0, 0.05) is 0 Å². The molecular weight excluding hydrogens is 244 g/mol. The number of rotatable bonds is 7. The van der Waals surface area contributed by atoms with Crippen LogP contribution in [0.5, 0.6) is 0 Å². The predicted molar refractivity (Wildman–Crippen MR) is 78.2 cm³/mol. The zero-order valence-corrected chi connectivity index (χ0v) is 14.2. The van der Waals surface area contributed by atoms with Crippen LogP contribution in [0.25, 0.3) is 0 Å². The van der Waals surface area contributed by atoms with Crippen molar-refractivity contribution in [2.24, 2.45) is 0 Å². The highest BCUT2D eigenvalue weighted by atomic mass is 28.4. The highest BCUT2D eigenvalue weighted by Crippen LogP contribution is 2.43. The molecule has 0 fully saturated rings. The summed E-state index contributed by atoms with van der Waals surface area (Å²) in [5.41, 5.74) is 1.62. The van der Waals surface area contributed by atoms with Gasteiger partial charge in [-0.2, -0.15) is 0 Å². The molecule has 0 aromatic rings. The van der Waals surface area contributed by atoms with Crippen LogP contribution in [-0.2, 0) is 14.0 Å². The number of ether oxygens (including phenoxy) is 1. The molecule has 0 rings (SSSR count). The molecule has 1 unspecified atom stereocenters. The molecule has 0 aromatic carbocycles. The van der Waals surface area contributed by atoms with Crippen molar-refractivity contribution in [2.75, 3.05) is 7.11 Å². The Hall–Kier alpha value is -0.353. The van der Waals surface area contributed by atoms with Crippen molar-refractivity contribution in [3.8, 4) is 0 Å². The second-order valence-corrected chi connectivity index (χ2v) is 11.4. The molecule has 0 amide bonds. The maximum absolute atomic E-state index is 11.3. The van der Waals surface area contributed by atoms with Gasteiger partial charge in [-0.3, -0.25) is 4.79 Å². The average molecular weight is 274 g/mol. The third-order valence-corrected chi connectivity index (χ3v) is 10.0. The van der Waals surface area contributed by atoms with E-state index in [2.05, 4.69) is 41.5 Å². The van der Waals surface area contributed by atoms with Crippen LogP contribution in [0.1, 0.15) is 54.9 Å². The van der Waals surface area contributed by atoms with Crippen molar-refractivity contribution in [1.82, 2.24) is 0 Å². The van der Waals surface area contributed by atoms with E-state index in [1.54, 1.807) is 0 Å². The van der Waals surface area contributed by atoms with Gasteiger partial charge in [0.15, 0.2) is 0 Å². The van der Waals surface area contributed by atoms with Gasteiger partial charge in [-0.25, -0.2) is 0 Å². The lowest BCUT2D eigenvalue weighted by Gasteiger charge is -2.44. The van der Waals surface area contributed by atoms with Crippen LogP contribution < -0.4 is 0 Å². The number of methoxy groups -OCH3 is 1. The molecule has 108 valence electrons. The van der Waals surface area contributed by atoms with Crippen LogP contribution in [0.3, 0.4) is 0 Å². The fourth-order valence-corrected chi connectivity index (χ4v) is 8.71. The summed E-state index contributed by atoms with van der Waals surface area (Å²) in [5, 5.41) is 0. The van der Waals surface area contributed by atoms with Gasteiger partial charge in [-0.05, 0) is 23.5 Å². The molecule has 3 nitrogen and oxygen atoms in total. The summed E-state index contributed by atoms with van der Waals surface area (Å²) in [6.45, 7) is 15.5. The van der Waals surface area contributed by atoms with Crippen LogP contribution in [0.15, 0.2) is 0 Å². The zero-order chi connectivity index (χ0) is 14.5. The third kappa shape index (κ3) is 4.09. The van der Waals surface area contributed by atoms with Crippen LogP contribution in [0, 0.1) is 0 Å². The highest BCUT2D eigenvalue weighted by Gasteiger charge is 2.46. The number of carbonyl (C=O) groups is 1. The first-order valence-electron chi connectivity index (χ1n) is 6.93. The molecular formula is C14H30O3Si. The maximum atomic E-state index is 11.3. The normalized spacial score (nSPS) is 14.4. The van der Waals surface area contributed by atoms with Gasteiger partial charge in [0.25, 0.3) is 0 Å². The Bertz CT molecular complexity index is 240. The zero-order valence-electron chi connectivity index (χ0n) is 13.2. The van der Waals surface area contributed by atoms with Crippen molar-refractivity contribution in [3.63, 3.8) is 0 Å². The van der Waals surface area contributed by atoms with Crippen molar-refractivity contribution >= 4 is 14.3 Å². The lowest BCUT2D eigenvalue weighted by Crippen LogP contribution is -2.50. The Morgan fingerprint density at radius 2 is 1.33 bits per heavy atom. The molecule has 0 saturated heterocycles. The van der Waals surface area contributed by atoms with Crippen LogP contribution >= 0.6 is 0 Å². The Kier molecular flexibility index (Phi) is 7.15. The summed E-state index contributed by atoms with van der Waals surface area (Å²) in [6.07, 6.45) is 0.286. The first-order chi connectivity index (χ1) is 8.18. The molecule has 0 spiro atoms. The Balaban J connectivity index is 4.95. The molecule has 4 heteroatoms. The number of hydrogen-bond donors (Lipinski definition) is 0. The molecule has 0 aliphatic carbocycles. The molecule has 18 heavy (non-hydrogen) atoms. The van der Waals surface area contributed by atoms with Crippen molar-refractivity contribution in [3.05, 3.63) is 0 Å². The van der Waals surface area contributed by atoms with E-state index < -0.39 is 8.32 Å². The summed E-state index contributed by atoms with van der Waals surface area (Å²) in [7, 11) is -0.454. The number of hydrogen-bond acceptors (Lipinski definition) is 3. The van der Waals surface area contributed by atoms with Gasteiger partial charge in [0.05, 0.1) is 19.6 Å². The molecule has 0 bridgehead atoms. The minimum atomic E-state index is -1.88. The summed E-state index contributed by atoms with van der Waals surface area (Å²) >= 11 is 0. The van der Waals surface area contributed by atoms with Crippen LogP contribution in [0.4, 0.5) is 0 Å². The van der Waals surface area contributed by atoms with Gasteiger partial charge >= 0.3 is 5.97 Å². The molecule has 0 aromatic heterocycles. The molecule has 0 aliphatic rings. The average Bonchev–Trinajstić information content (AvgIpc) is 2.23. The van der Waals surface area contributed by atoms with Crippen molar-refractivity contribution in [1.29, 1.82) is 0 Å². The van der Waals surface area contributed by atoms with Crippen LogP contribution in [-0.4, -0.2) is 27.5 Å². The van der Waals surface area contributed by atoms with Gasteiger partial charge in [-0.15, -0.1) is 0 Å². The summed E-state index contributed by atoms with van der Waals surface area (Å²) in [6, 6.07) is 0. The lowest BCUT2D eigenvalue weighted by atomic mass is 10.3. The number of esters is 1. The summed E-state index contributed by atoms with van der Waals surface area (Å²) < 4.78 is 11.1. The summed E-state index contributed by atoms with van der Waals surface area (Å²) in [4.78, 5) is 11.3. The standard InChI is InChI=1S/C14H30O3Si/c1-10(2)18(11(3)4,12(5)6)17-13(7)9-14(15)16-8/h10-13H,9H2,1-8H3. The summed E-state index contributed by atoms with van der Waals surface area (Å²) in [5.74, 6) is -0.193. The Labute approximate surface area is 113 Å². The molecule has 0 aliphatic heterocycles. The Morgan fingerprint density at radius 3 is 1.61 bits per heavy atom. The fraction of sp³-hybridized carbons (Fsp3) is 0.929. The first kappa shape index (κ1) is 17.6. The first-order valence-corrected chi connectivity index (χ1v) is 9.07. The second kappa shape index (κ2) is 7.29. The van der Waals surface area contributed by atoms with Gasteiger partial charge in [0.2, 0.25) is 8.32 Å². The third-order valence-electron chi connectivity index (χ3n) is 3.79. The second-order valence-electron chi connectivity index (χ2n) is 6.03.